The highest BCUT2D eigenvalue weighted by molar-refractivity contribution is 5.86. The molecule has 0 bridgehead atoms. The van der Waals surface area contributed by atoms with E-state index in [-0.39, 0.29) is 18.7 Å². The van der Waals surface area contributed by atoms with Gasteiger partial charge in [0.05, 0.1) is 6.54 Å². The average molecular weight is 512 g/mol. The van der Waals surface area contributed by atoms with Gasteiger partial charge >= 0.3 is 5.97 Å². The van der Waals surface area contributed by atoms with Crippen LogP contribution in [0.25, 0.3) is 6.08 Å². The standard InChI is InChI=1S/C12H13NO.C10H15NO4.C6H9NO/c1-3-11-5-7-12(8-6-11)9-13(4-2)10-14;1-4-11(7-12)5-9(13)6-15-10(14)8(2)3;1-3-5-7(4-2)6-8/h3-8,10H,1-2,9H2;4,7,9,13H,1-2,5-6H2,3H3;3-4,6H,1-2,5H2. The predicted octanol–water partition coefficient (Wildman–Crippen LogP) is 3.27. The zero-order valence-electron chi connectivity index (χ0n) is 21.4. The van der Waals surface area contributed by atoms with E-state index in [0.29, 0.717) is 25.9 Å². The summed E-state index contributed by atoms with van der Waals surface area (Å²) < 4.78 is 4.69. The number of ether oxygens (including phenoxy) is 1. The van der Waals surface area contributed by atoms with Crippen molar-refractivity contribution in [2.45, 2.75) is 19.6 Å². The van der Waals surface area contributed by atoms with Crippen molar-refractivity contribution in [3.8, 4) is 0 Å². The van der Waals surface area contributed by atoms with E-state index in [9.17, 15) is 24.3 Å². The number of benzene rings is 1. The molecule has 0 saturated heterocycles. The zero-order valence-corrected chi connectivity index (χ0v) is 21.4. The first kappa shape index (κ1) is 34.7. The van der Waals surface area contributed by atoms with Gasteiger partial charge in [-0.2, -0.15) is 0 Å². The molecule has 0 heterocycles. The maximum Gasteiger partial charge on any atom is 0.333 e. The Morgan fingerprint density at radius 2 is 1.43 bits per heavy atom. The second-order valence-electron chi connectivity index (χ2n) is 7.20. The summed E-state index contributed by atoms with van der Waals surface area (Å²) in [6.07, 6.45) is 8.71. The number of carbonyl (C=O) groups is 4. The Kier molecular flexibility index (Phi) is 20.6. The maximum atomic E-state index is 10.9. The molecule has 9 heteroatoms. The van der Waals surface area contributed by atoms with E-state index >= 15 is 0 Å². The molecule has 1 aromatic carbocycles. The lowest BCUT2D eigenvalue weighted by molar-refractivity contribution is -0.142. The van der Waals surface area contributed by atoms with E-state index in [0.717, 1.165) is 22.4 Å². The van der Waals surface area contributed by atoms with E-state index in [1.807, 2.05) is 24.3 Å². The highest BCUT2D eigenvalue weighted by Gasteiger charge is 2.11. The molecule has 0 fully saturated rings. The molecule has 0 aliphatic rings. The SMILES string of the molecule is C=CCN(C=C)C=O.C=CN(C=O)CC(O)COC(=O)C(=C)C.C=Cc1ccc(CN(C=C)C=O)cc1. The van der Waals surface area contributed by atoms with Gasteiger partial charge in [-0.1, -0.05) is 69.3 Å². The van der Waals surface area contributed by atoms with Crippen LogP contribution in [0.1, 0.15) is 18.1 Å². The minimum absolute atomic E-state index is 0.0382. The Morgan fingerprint density at radius 1 is 0.919 bits per heavy atom. The van der Waals surface area contributed by atoms with Gasteiger partial charge in [-0.3, -0.25) is 14.4 Å². The minimum Gasteiger partial charge on any atom is -0.460 e. The molecule has 0 aliphatic heterocycles. The molecule has 1 atom stereocenters. The molecular weight excluding hydrogens is 474 g/mol. The molecule has 37 heavy (non-hydrogen) atoms. The van der Waals surface area contributed by atoms with Crippen molar-refractivity contribution in [3.63, 3.8) is 0 Å². The second-order valence-corrected chi connectivity index (χ2v) is 7.20. The van der Waals surface area contributed by atoms with Crippen LogP contribution in [-0.2, 0) is 30.5 Å². The molecular formula is C28H37N3O6. The van der Waals surface area contributed by atoms with Crippen molar-refractivity contribution >= 4 is 31.3 Å². The predicted molar refractivity (Wildman–Crippen MR) is 146 cm³/mol. The molecule has 0 radical (unpaired) electrons. The molecule has 0 aliphatic carbocycles. The van der Waals surface area contributed by atoms with E-state index in [4.69, 9.17) is 0 Å². The van der Waals surface area contributed by atoms with Gasteiger partial charge < -0.3 is 24.5 Å². The third-order valence-electron chi connectivity index (χ3n) is 4.21. The quantitative estimate of drug-likeness (QED) is 0.158. The number of hydrogen-bond donors (Lipinski definition) is 1. The number of rotatable bonds is 16. The summed E-state index contributed by atoms with van der Waals surface area (Å²) in [5, 5.41) is 9.36. The van der Waals surface area contributed by atoms with E-state index in [2.05, 4.69) is 44.2 Å². The lowest BCUT2D eigenvalue weighted by Crippen LogP contribution is -2.31. The number of aliphatic hydroxyl groups excluding tert-OH is 1. The number of nitrogens with zero attached hydrogens (tertiary/aromatic N) is 3. The monoisotopic (exact) mass is 511 g/mol. The van der Waals surface area contributed by atoms with Gasteiger partial charge in [-0.05, 0) is 36.7 Å². The highest BCUT2D eigenvalue weighted by atomic mass is 16.5. The fourth-order valence-corrected chi connectivity index (χ4v) is 2.18. The molecule has 1 N–H and O–H groups in total. The maximum absolute atomic E-state index is 10.9. The zero-order chi connectivity index (χ0) is 28.6. The van der Waals surface area contributed by atoms with E-state index < -0.39 is 12.1 Å². The van der Waals surface area contributed by atoms with Gasteiger partial charge in [-0.25, -0.2) is 4.79 Å². The van der Waals surface area contributed by atoms with Crippen LogP contribution in [0.15, 0.2) is 94.0 Å². The van der Waals surface area contributed by atoms with Crippen molar-refractivity contribution in [2.75, 3.05) is 19.7 Å². The van der Waals surface area contributed by atoms with Crippen LogP contribution in [0, 0.1) is 0 Å². The Morgan fingerprint density at radius 3 is 1.78 bits per heavy atom. The van der Waals surface area contributed by atoms with Gasteiger partial charge in [0.25, 0.3) is 0 Å². The molecule has 1 aromatic rings. The lowest BCUT2D eigenvalue weighted by Gasteiger charge is -2.16. The normalized spacial score (nSPS) is 9.68. The first-order valence-corrected chi connectivity index (χ1v) is 11.0. The smallest absolute Gasteiger partial charge is 0.333 e. The summed E-state index contributed by atoms with van der Waals surface area (Å²) in [5.74, 6) is -0.565. The molecule has 0 aromatic heterocycles. The number of carbonyl (C=O) groups excluding carboxylic acids is 4. The molecule has 1 rings (SSSR count). The highest BCUT2D eigenvalue weighted by Crippen LogP contribution is 2.07. The van der Waals surface area contributed by atoms with Gasteiger partial charge in [-0.15, -0.1) is 6.58 Å². The third-order valence-corrected chi connectivity index (χ3v) is 4.21. The Bertz CT molecular complexity index is 887. The topological polar surface area (TPSA) is 107 Å². The third kappa shape index (κ3) is 17.6. The fourth-order valence-electron chi connectivity index (χ4n) is 2.18. The van der Waals surface area contributed by atoms with Crippen molar-refractivity contribution < 1.29 is 29.0 Å². The van der Waals surface area contributed by atoms with Crippen LogP contribution in [0.5, 0.6) is 0 Å². The first-order chi connectivity index (χ1) is 17.6. The summed E-state index contributed by atoms with van der Waals surface area (Å²) in [4.78, 5) is 45.7. The molecule has 3 amide bonds. The summed E-state index contributed by atoms with van der Waals surface area (Å²) in [6.45, 7) is 23.3. The van der Waals surface area contributed by atoms with Crippen LogP contribution in [-0.4, -0.2) is 70.8 Å². The second kappa shape index (κ2) is 22.0. The van der Waals surface area contributed by atoms with Crippen molar-refractivity contribution in [1.29, 1.82) is 0 Å². The fraction of sp³-hybridized carbons (Fsp3) is 0.214. The lowest BCUT2D eigenvalue weighted by atomic mass is 10.1. The van der Waals surface area contributed by atoms with Gasteiger partial charge in [0.1, 0.15) is 12.7 Å². The van der Waals surface area contributed by atoms with Crippen LogP contribution in [0.3, 0.4) is 0 Å². The van der Waals surface area contributed by atoms with Crippen molar-refractivity contribution in [1.82, 2.24) is 14.7 Å². The molecule has 9 nitrogen and oxygen atoms in total. The van der Waals surface area contributed by atoms with Crippen LogP contribution in [0.4, 0.5) is 0 Å². The Hall–Kier alpha value is -4.50. The summed E-state index contributed by atoms with van der Waals surface area (Å²) >= 11 is 0. The average Bonchev–Trinajstić information content (AvgIpc) is 2.92. The van der Waals surface area contributed by atoms with Gasteiger partial charge in [0.2, 0.25) is 19.2 Å². The Labute approximate surface area is 219 Å². The molecule has 1 unspecified atom stereocenters. The number of aliphatic hydroxyl groups is 1. The van der Waals surface area contributed by atoms with E-state index in [1.165, 1.54) is 35.3 Å². The largest absolute Gasteiger partial charge is 0.460 e. The number of esters is 1. The number of hydrogen-bond acceptors (Lipinski definition) is 6. The summed E-state index contributed by atoms with van der Waals surface area (Å²) in [6, 6.07) is 7.87. The van der Waals surface area contributed by atoms with Gasteiger partial charge in [0, 0.05) is 18.7 Å². The van der Waals surface area contributed by atoms with Crippen LogP contribution in [0.2, 0.25) is 0 Å². The van der Waals surface area contributed by atoms with E-state index in [1.54, 1.807) is 12.2 Å². The number of amides is 3. The van der Waals surface area contributed by atoms with Crippen molar-refractivity contribution in [3.05, 3.63) is 105 Å². The Balaban J connectivity index is 0. The first-order valence-electron chi connectivity index (χ1n) is 11.0. The van der Waals surface area contributed by atoms with Crippen molar-refractivity contribution in [2.24, 2.45) is 0 Å². The molecule has 200 valence electrons. The van der Waals surface area contributed by atoms with Crippen LogP contribution < -0.4 is 0 Å². The summed E-state index contributed by atoms with van der Waals surface area (Å²) in [7, 11) is 0. The van der Waals surface area contributed by atoms with Crippen LogP contribution >= 0.6 is 0 Å². The molecule has 0 spiro atoms. The minimum atomic E-state index is -0.934. The van der Waals surface area contributed by atoms with Gasteiger partial charge in [0.15, 0.2) is 0 Å². The summed E-state index contributed by atoms with van der Waals surface area (Å²) in [5.41, 5.74) is 2.41. The molecule has 0 saturated carbocycles.